The molecule has 5 heteroatoms. The molecule has 0 aliphatic rings. The number of aliphatic hydroxyl groups is 1. The first-order chi connectivity index (χ1) is 9.04. The van der Waals surface area contributed by atoms with Crippen molar-refractivity contribution in [2.45, 2.75) is 6.42 Å². The Morgan fingerprint density at radius 2 is 2.11 bits per heavy atom. The second kappa shape index (κ2) is 7.95. The summed E-state index contributed by atoms with van der Waals surface area (Å²) in [5.41, 5.74) is 0.666. The Labute approximate surface area is 118 Å². The largest absolute Gasteiger partial charge is 0.384 e. The molecule has 0 aromatic carbocycles. The summed E-state index contributed by atoms with van der Waals surface area (Å²) in [5, 5.41) is 10.4. The van der Waals surface area contributed by atoms with Crippen LogP contribution < -0.4 is 0 Å². The van der Waals surface area contributed by atoms with Crippen LogP contribution in [0.5, 0.6) is 0 Å². The van der Waals surface area contributed by atoms with Crippen molar-refractivity contribution >= 4 is 17.2 Å². The second-order valence-electron chi connectivity index (χ2n) is 4.54. The van der Waals surface area contributed by atoms with Gasteiger partial charge in [0.15, 0.2) is 0 Å². The standard InChI is InChI=1S/C14H20N2O2S/c1-15(2)7-5-8-16(3)14(18)12-10-13(19-11-12)6-4-9-17/h10-11,17H,5,7-9H2,1-3H3. The van der Waals surface area contributed by atoms with Crippen molar-refractivity contribution in [1.82, 2.24) is 9.80 Å². The first kappa shape index (κ1) is 15.7. The van der Waals surface area contributed by atoms with Gasteiger partial charge in [-0.15, -0.1) is 11.3 Å². The predicted octanol–water partition coefficient (Wildman–Crippen LogP) is 1.12. The molecule has 19 heavy (non-hydrogen) atoms. The molecule has 1 heterocycles. The highest BCUT2D eigenvalue weighted by molar-refractivity contribution is 7.10. The zero-order valence-corrected chi connectivity index (χ0v) is 12.5. The highest BCUT2D eigenvalue weighted by Gasteiger charge is 2.12. The lowest BCUT2D eigenvalue weighted by atomic mass is 10.2. The Bertz CT molecular complexity index is 471. The number of carbonyl (C=O) groups excluding carboxylic acids is 1. The third-order valence-electron chi connectivity index (χ3n) is 2.58. The first-order valence-corrected chi connectivity index (χ1v) is 7.01. The van der Waals surface area contributed by atoms with Gasteiger partial charge in [-0.1, -0.05) is 11.8 Å². The van der Waals surface area contributed by atoms with Gasteiger partial charge in [0, 0.05) is 19.0 Å². The zero-order valence-electron chi connectivity index (χ0n) is 11.6. The number of hydrogen-bond donors (Lipinski definition) is 1. The summed E-state index contributed by atoms with van der Waals surface area (Å²) < 4.78 is 0. The van der Waals surface area contributed by atoms with Crippen LogP contribution in [0.15, 0.2) is 11.4 Å². The Morgan fingerprint density at radius 3 is 2.74 bits per heavy atom. The van der Waals surface area contributed by atoms with Crippen molar-refractivity contribution in [2.75, 3.05) is 40.8 Å². The number of nitrogens with zero attached hydrogens (tertiary/aromatic N) is 2. The van der Waals surface area contributed by atoms with Crippen molar-refractivity contribution < 1.29 is 9.90 Å². The topological polar surface area (TPSA) is 43.8 Å². The molecule has 0 spiro atoms. The van der Waals surface area contributed by atoms with Gasteiger partial charge in [-0.25, -0.2) is 0 Å². The Hall–Kier alpha value is -1.35. The third kappa shape index (κ3) is 5.43. The third-order valence-corrected chi connectivity index (χ3v) is 3.43. The molecule has 0 radical (unpaired) electrons. The number of rotatable bonds is 5. The van der Waals surface area contributed by atoms with E-state index in [0.29, 0.717) is 5.56 Å². The molecule has 1 rings (SSSR count). The molecule has 1 N–H and O–H groups in total. The van der Waals surface area contributed by atoms with Gasteiger partial charge in [-0.3, -0.25) is 4.79 Å². The molecular formula is C14H20N2O2S. The summed E-state index contributed by atoms with van der Waals surface area (Å²) in [6.07, 6.45) is 0.955. The monoisotopic (exact) mass is 280 g/mol. The van der Waals surface area contributed by atoms with Crippen LogP contribution in [0.25, 0.3) is 0 Å². The van der Waals surface area contributed by atoms with Crippen molar-refractivity contribution in [3.63, 3.8) is 0 Å². The van der Waals surface area contributed by atoms with Gasteiger partial charge in [0.1, 0.15) is 6.61 Å². The number of amides is 1. The van der Waals surface area contributed by atoms with Gasteiger partial charge in [-0.2, -0.15) is 0 Å². The lowest BCUT2D eigenvalue weighted by molar-refractivity contribution is 0.0791. The summed E-state index contributed by atoms with van der Waals surface area (Å²) in [7, 11) is 5.86. The van der Waals surface area contributed by atoms with Crippen molar-refractivity contribution in [2.24, 2.45) is 0 Å². The Kier molecular flexibility index (Phi) is 6.57. The van der Waals surface area contributed by atoms with Crippen molar-refractivity contribution in [3.05, 3.63) is 21.9 Å². The van der Waals surface area contributed by atoms with E-state index in [9.17, 15) is 4.79 Å². The predicted molar refractivity (Wildman–Crippen MR) is 78.4 cm³/mol. The summed E-state index contributed by atoms with van der Waals surface area (Å²) in [5.74, 6) is 5.41. The van der Waals surface area contributed by atoms with Crippen molar-refractivity contribution in [1.29, 1.82) is 0 Å². The molecule has 0 aliphatic carbocycles. The van der Waals surface area contributed by atoms with Gasteiger partial charge in [0.25, 0.3) is 5.91 Å². The SMILES string of the molecule is CN(C)CCCN(C)C(=O)c1csc(C#CCO)c1. The molecule has 0 aliphatic heterocycles. The fourth-order valence-electron chi connectivity index (χ4n) is 1.59. The van der Waals surface area contributed by atoms with Crippen molar-refractivity contribution in [3.8, 4) is 11.8 Å². The van der Waals surface area contributed by atoms with E-state index < -0.39 is 0 Å². The minimum Gasteiger partial charge on any atom is -0.384 e. The fourth-order valence-corrected chi connectivity index (χ4v) is 2.34. The number of carbonyl (C=O) groups is 1. The fraction of sp³-hybridized carbons (Fsp3) is 0.500. The molecule has 104 valence electrons. The van der Waals surface area contributed by atoms with Crippen LogP contribution in [0.3, 0.4) is 0 Å². The summed E-state index contributed by atoms with van der Waals surface area (Å²) >= 11 is 1.42. The summed E-state index contributed by atoms with van der Waals surface area (Å²) in [6.45, 7) is 1.55. The maximum absolute atomic E-state index is 12.1. The van der Waals surface area contributed by atoms with Gasteiger partial charge in [0.2, 0.25) is 0 Å². The lowest BCUT2D eigenvalue weighted by Gasteiger charge is -2.17. The quantitative estimate of drug-likeness (QED) is 0.822. The van der Waals surface area contributed by atoms with Gasteiger partial charge >= 0.3 is 0 Å². The van der Waals surface area contributed by atoms with Crippen LogP contribution in [-0.4, -0.2) is 61.7 Å². The molecule has 0 fully saturated rings. The molecule has 0 saturated heterocycles. The number of hydrogen-bond acceptors (Lipinski definition) is 4. The highest BCUT2D eigenvalue weighted by Crippen LogP contribution is 2.15. The molecule has 0 saturated carbocycles. The molecule has 0 bridgehead atoms. The van der Waals surface area contributed by atoms with Gasteiger partial charge in [0.05, 0.1) is 10.4 Å². The molecule has 4 nitrogen and oxygen atoms in total. The summed E-state index contributed by atoms with van der Waals surface area (Å²) in [6, 6.07) is 1.78. The van der Waals surface area contributed by atoms with E-state index in [1.807, 2.05) is 26.5 Å². The molecule has 0 unspecified atom stereocenters. The van der Waals surface area contributed by atoms with E-state index in [4.69, 9.17) is 5.11 Å². The zero-order chi connectivity index (χ0) is 14.3. The Balaban J connectivity index is 2.54. The lowest BCUT2D eigenvalue weighted by Crippen LogP contribution is -2.29. The number of aliphatic hydroxyl groups excluding tert-OH is 1. The van der Waals surface area contributed by atoms with E-state index in [1.54, 1.807) is 11.0 Å². The molecule has 1 aromatic rings. The molecule has 0 atom stereocenters. The van der Waals surface area contributed by atoms with E-state index in [1.165, 1.54) is 11.3 Å². The smallest absolute Gasteiger partial charge is 0.254 e. The molecular weight excluding hydrogens is 260 g/mol. The van der Waals surface area contributed by atoms with Gasteiger partial charge in [-0.05, 0) is 33.1 Å². The minimum atomic E-state index is -0.161. The van der Waals surface area contributed by atoms with E-state index in [0.717, 1.165) is 24.4 Å². The van der Waals surface area contributed by atoms with E-state index in [2.05, 4.69) is 16.7 Å². The maximum atomic E-state index is 12.1. The average molecular weight is 280 g/mol. The molecule has 1 aromatic heterocycles. The van der Waals surface area contributed by atoms with Crippen LogP contribution in [0.1, 0.15) is 21.7 Å². The minimum absolute atomic E-state index is 0.0204. The van der Waals surface area contributed by atoms with Crippen LogP contribution in [0.4, 0.5) is 0 Å². The van der Waals surface area contributed by atoms with Crippen LogP contribution in [0, 0.1) is 11.8 Å². The summed E-state index contributed by atoms with van der Waals surface area (Å²) in [4.78, 5) is 16.8. The van der Waals surface area contributed by atoms with Crippen LogP contribution in [0.2, 0.25) is 0 Å². The van der Waals surface area contributed by atoms with Crippen LogP contribution >= 0.6 is 11.3 Å². The second-order valence-corrected chi connectivity index (χ2v) is 5.45. The van der Waals surface area contributed by atoms with E-state index >= 15 is 0 Å². The maximum Gasteiger partial charge on any atom is 0.254 e. The van der Waals surface area contributed by atoms with Crippen LogP contribution in [-0.2, 0) is 0 Å². The molecule has 1 amide bonds. The first-order valence-electron chi connectivity index (χ1n) is 6.13. The van der Waals surface area contributed by atoms with E-state index in [-0.39, 0.29) is 12.5 Å². The normalized spacial score (nSPS) is 10.2. The highest BCUT2D eigenvalue weighted by atomic mass is 32.1. The Morgan fingerprint density at radius 1 is 1.37 bits per heavy atom. The van der Waals surface area contributed by atoms with Gasteiger partial charge < -0.3 is 14.9 Å². The average Bonchev–Trinajstić information content (AvgIpc) is 2.83. The number of thiophene rings is 1.